The van der Waals surface area contributed by atoms with Crippen LogP contribution in [0.2, 0.25) is 5.02 Å². The Hall–Kier alpha value is -0.330. The molecule has 3 N–H and O–H groups in total. The lowest BCUT2D eigenvalue weighted by molar-refractivity contribution is 0.0904. The zero-order valence-electron chi connectivity index (χ0n) is 6.55. The van der Waals surface area contributed by atoms with Gasteiger partial charge in [-0.1, -0.05) is 11.6 Å². The number of hydrogen-bond donors (Lipinski definition) is 2. The molecule has 1 aromatic carbocycles. The van der Waals surface area contributed by atoms with Crippen LogP contribution in [0, 0.1) is 3.57 Å². The highest BCUT2D eigenvalue weighted by Gasteiger charge is 2.11. The second-order valence-corrected chi connectivity index (χ2v) is 4.00. The molecule has 0 radical (unpaired) electrons. The van der Waals surface area contributed by atoms with Crippen LogP contribution in [0.25, 0.3) is 0 Å². The number of halogens is 2. The summed E-state index contributed by atoms with van der Waals surface area (Å²) >= 11 is 7.76. The van der Waals surface area contributed by atoms with E-state index >= 15 is 0 Å². The predicted octanol–water partition coefficient (Wildman–Crippen LogP) is 1.70. The molecular formula is C8H7ClINO2. The van der Waals surface area contributed by atoms with Crippen LogP contribution in [0.4, 0.5) is 5.69 Å². The molecule has 0 atom stereocenters. The van der Waals surface area contributed by atoms with Gasteiger partial charge in [0.2, 0.25) is 0 Å². The van der Waals surface area contributed by atoms with E-state index in [0.29, 0.717) is 11.3 Å². The third kappa shape index (κ3) is 2.32. The number of carbonyl (C=O) groups excluding carboxylic acids is 1. The molecule has 0 aliphatic carbocycles. The zero-order chi connectivity index (χ0) is 10.0. The average Bonchev–Trinajstić information content (AvgIpc) is 2.10. The molecule has 13 heavy (non-hydrogen) atoms. The Morgan fingerprint density at radius 1 is 1.62 bits per heavy atom. The molecule has 3 nitrogen and oxygen atoms in total. The van der Waals surface area contributed by atoms with Gasteiger partial charge in [0.15, 0.2) is 5.78 Å². The van der Waals surface area contributed by atoms with Crippen molar-refractivity contribution in [1.82, 2.24) is 0 Å². The molecule has 0 aliphatic heterocycles. The number of carbonyl (C=O) groups is 1. The Balaban J connectivity index is 3.23. The molecule has 0 unspecified atom stereocenters. The Morgan fingerprint density at radius 2 is 2.23 bits per heavy atom. The number of aliphatic hydroxyl groups excluding tert-OH is 1. The third-order valence-electron chi connectivity index (χ3n) is 1.53. The van der Waals surface area contributed by atoms with Crippen molar-refractivity contribution < 1.29 is 9.90 Å². The van der Waals surface area contributed by atoms with Gasteiger partial charge in [0.25, 0.3) is 0 Å². The maximum absolute atomic E-state index is 11.1. The van der Waals surface area contributed by atoms with E-state index in [9.17, 15) is 4.79 Å². The van der Waals surface area contributed by atoms with Gasteiger partial charge in [-0.2, -0.15) is 0 Å². The van der Waals surface area contributed by atoms with Crippen molar-refractivity contribution in [3.63, 3.8) is 0 Å². The second-order valence-electron chi connectivity index (χ2n) is 2.43. The van der Waals surface area contributed by atoms with Crippen LogP contribution in [-0.2, 0) is 0 Å². The SMILES string of the molecule is Nc1cc(Cl)c(C(=O)CO)cc1I. The first-order valence-corrected chi connectivity index (χ1v) is 4.90. The number of rotatable bonds is 2. The van der Waals surface area contributed by atoms with E-state index in [1.165, 1.54) is 6.07 Å². The van der Waals surface area contributed by atoms with E-state index in [2.05, 4.69) is 0 Å². The maximum Gasteiger partial charge on any atom is 0.189 e. The Morgan fingerprint density at radius 3 is 2.77 bits per heavy atom. The predicted molar refractivity (Wildman–Crippen MR) is 60.0 cm³/mol. The van der Waals surface area contributed by atoms with Gasteiger partial charge in [-0.15, -0.1) is 0 Å². The second kappa shape index (κ2) is 4.26. The van der Waals surface area contributed by atoms with Crippen molar-refractivity contribution in [2.45, 2.75) is 0 Å². The van der Waals surface area contributed by atoms with E-state index in [1.54, 1.807) is 6.07 Å². The van der Waals surface area contributed by atoms with Gasteiger partial charge >= 0.3 is 0 Å². The summed E-state index contributed by atoms with van der Waals surface area (Å²) < 4.78 is 0.749. The number of aliphatic hydroxyl groups is 1. The number of ketones is 1. The number of benzene rings is 1. The van der Waals surface area contributed by atoms with Gasteiger partial charge in [0, 0.05) is 14.8 Å². The number of anilines is 1. The number of Topliss-reactive ketones (excluding diaryl/α,β-unsaturated/α-hetero) is 1. The molecule has 0 aromatic heterocycles. The average molecular weight is 312 g/mol. The van der Waals surface area contributed by atoms with E-state index in [-0.39, 0.29) is 5.02 Å². The summed E-state index contributed by atoms with van der Waals surface area (Å²) in [5.74, 6) is -0.400. The van der Waals surface area contributed by atoms with Crippen molar-refractivity contribution in [1.29, 1.82) is 0 Å². The first-order chi connectivity index (χ1) is 6.06. The van der Waals surface area contributed by atoms with Crippen LogP contribution < -0.4 is 5.73 Å². The third-order valence-corrected chi connectivity index (χ3v) is 2.78. The van der Waals surface area contributed by atoms with Gasteiger partial charge < -0.3 is 10.8 Å². The summed E-state index contributed by atoms with van der Waals surface area (Å²) in [7, 11) is 0. The largest absolute Gasteiger partial charge is 0.398 e. The van der Waals surface area contributed by atoms with E-state index < -0.39 is 12.4 Å². The van der Waals surface area contributed by atoms with Crippen LogP contribution in [0.3, 0.4) is 0 Å². The molecule has 0 amide bonds. The van der Waals surface area contributed by atoms with Gasteiger partial charge in [0.05, 0.1) is 5.02 Å². The minimum Gasteiger partial charge on any atom is -0.398 e. The topological polar surface area (TPSA) is 63.3 Å². The summed E-state index contributed by atoms with van der Waals surface area (Å²) in [5.41, 5.74) is 6.40. The molecule has 0 spiro atoms. The molecule has 5 heteroatoms. The number of nitrogen functional groups attached to an aromatic ring is 1. The Kier molecular flexibility index (Phi) is 3.52. The van der Waals surface area contributed by atoms with Gasteiger partial charge in [-0.25, -0.2) is 0 Å². The monoisotopic (exact) mass is 311 g/mol. The molecule has 0 aliphatic rings. The number of hydrogen-bond acceptors (Lipinski definition) is 3. The molecule has 0 heterocycles. The van der Waals surface area contributed by atoms with Crippen molar-refractivity contribution in [2.24, 2.45) is 0 Å². The van der Waals surface area contributed by atoms with Crippen molar-refractivity contribution >= 4 is 45.7 Å². The summed E-state index contributed by atoms with van der Waals surface area (Å²) in [6, 6.07) is 3.07. The Bertz CT molecular complexity index is 354. The quantitative estimate of drug-likeness (QED) is 0.496. The first-order valence-electron chi connectivity index (χ1n) is 3.45. The summed E-state index contributed by atoms with van der Waals surface area (Å²) in [4.78, 5) is 11.1. The molecule has 0 saturated carbocycles. The normalized spacial score (nSPS) is 10.1. The minimum absolute atomic E-state index is 0.275. The highest BCUT2D eigenvalue weighted by molar-refractivity contribution is 14.1. The van der Waals surface area contributed by atoms with Crippen LogP contribution in [0.5, 0.6) is 0 Å². The lowest BCUT2D eigenvalue weighted by Crippen LogP contribution is -2.06. The molecule has 1 rings (SSSR count). The highest BCUT2D eigenvalue weighted by Crippen LogP contribution is 2.24. The van der Waals surface area contributed by atoms with Gasteiger partial charge in [-0.3, -0.25) is 4.79 Å². The molecule has 0 fully saturated rings. The molecule has 0 saturated heterocycles. The van der Waals surface area contributed by atoms with E-state index in [0.717, 1.165) is 3.57 Å². The smallest absolute Gasteiger partial charge is 0.189 e. The van der Waals surface area contributed by atoms with E-state index in [4.69, 9.17) is 22.4 Å². The van der Waals surface area contributed by atoms with Gasteiger partial charge in [0.1, 0.15) is 6.61 Å². The molecule has 0 bridgehead atoms. The van der Waals surface area contributed by atoms with Gasteiger partial charge in [-0.05, 0) is 34.7 Å². The molecular weight excluding hydrogens is 304 g/mol. The fourth-order valence-corrected chi connectivity index (χ4v) is 1.61. The summed E-state index contributed by atoms with van der Waals surface area (Å²) in [6.45, 7) is -0.542. The highest BCUT2D eigenvalue weighted by atomic mass is 127. The fraction of sp³-hybridized carbons (Fsp3) is 0.125. The number of nitrogens with two attached hydrogens (primary N) is 1. The summed E-state index contributed by atoms with van der Waals surface area (Å²) in [5, 5.41) is 8.91. The van der Waals surface area contributed by atoms with Crippen LogP contribution >= 0.6 is 34.2 Å². The minimum atomic E-state index is -0.542. The zero-order valence-corrected chi connectivity index (χ0v) is 9.46. The van der Waals surface area contributed by atoms with Crippen LogP contribution in [0.1, 0.15) is 10.4 Å². The standard InChI is InChI=1S/C8H7ClINO2/c9-5-2-7(11)6(10)1-4(5)8(13)3-12/h1-2,12H,3,11H2. The lowest BCUT2D eigenvalue weighted by atomic mass is 10.1. The van der Waals surface area contributed by atoms with Crippen molar-refractivity contribution in [2.75, 3.05) is 12.3 Å². The molecule has 70 valence electrons. The summed E-state index contributed by atoms with van der Waals surface area (Å²) in [6.07, 6.45) is 0. The van der Waals surface area contributed by atoms with Crippen LogP contribution in [0.15, 0.2) is 12.1 Å². The molecule has 1 aromatic rings. The van der Waals surface area contributed by atoms with Crippen molar-refractivity contribution in [3.05, 3.63) is 26.3 Å². The van der Waals surface area contributed by atoms with Crippen LogP contribution in [-0.4, -0.2) is 17.5 Å². The Labute approximate surface area is 94.0 Å². The maximum atomic E-state index is 11.1. The first kappa shape index (κ1) is 10.7. The van der Waals surface area contributed by atoms with E-state index in [1.807, 2.05) is 22.6 Å². The fourth-order valence-electron chi connectivity index (χ4n) is 0.861. The van der Waals surface area contributed by atoms with Crippen molar-refractivity contribution in [3.8, 4) is 0 Å². The lowest BCUT2D eigenvalue weighted by Gasteiger charge is -2.04.